The minimum absolute atomic E-state index is 0.591. The Morgan fingerprint density at radius 3 is 2.85 bits per heavy atom. The fourth-order valence-corrected chi connectivity index (χ4v) is 3.85. The Labute approximate surface area is 122 Å². The first-order valence-electron chi connectivity index (χ1n) is 8.32. The van der Waals surface area contributed by atoms with E-state index in [0.717, 1.165) is 18.8 Å². The Bertz CT molecular complexity index is 451. The molecule has 0 radical (unpaired) electrons. The van der Waals surface area contributed by atoms with Crippen LogP contribution in [0.2, 0.25) is 0 Å². The molecule has 1 aromatic rings. The first kappa shape index (κ1) is 14.1. The Kier molecular flexibility index (Phi) is 4.11. The molecule has 2 aliphatic rings. The first-order valence-corrected chi connectivity index (χ1v) is 8.32. The summed E-state index contributed by atoms with van der Waals surface area (Å²) in [6.45, 7) is 9.43. The lowest BCUT2D eigenvalue weighted by Crippen LogP contribution is -2.40. The van der Waals surface area contributed by atoms with Crippen LogP contribution in [-0.4, -0.2) is 38.8 Å². The van der Waals surface area contributed by atoms with Crippen molar-refractivity contribution in [2.75, 3.05) is 13.1 Å². The van der Waals surface area contributed by atoms with Gasteiger partial charge in [-0.3, -0.25) is 0 Å². The minimum Gasteiger partial charge on any atom is -0.312 e. The Hall–Kier alpha value is -0.900. The van der Waals surface area contributed by atoms with Gasteiger partial charge in [-0.25, -0.2) is 0 Å². The maximum atomic E-state index is 4.51. The number of likely N-dealkylation sites (tertiary alicyclic amines) is 1. The topological polar surface area (TPSA) is 34.0 Å². The van der Waals surface area contributed by atoms with Crippen molar-refractivity contribution < 1.29 is 0 Å². The molecule has 112 valence electrons. The summed E-state index contributed by atoms with van der Waals surface area (Å²) in [6, 6.07) is 1.26. The number of piperidine rings is 1. The van der Waals surface area contributed by atoms with E-state index in [4.69, 9.17) is 0 Å². The SMILES string of the molecule is CC(C)N1CCCC(Cc2nnc3n2C(C)CCC3)C1. The highest BCUT2D eigenvalue weighted by atomic mass is 15.3. The van der Waals surface area contributed by atoms with Crippen LogP contribution in [0.5, 0.6) is 0 Å². The van der Waals surface area contributed by atoms with Crippen molar-refractivity contribution >= 4 is 0 Å². The predicted molar refractivity (Wildman–Crippen MR) is 80.8 cm³/mol. The van der Waals surface area contributed by atoms with Crippen LogP contribution in [0.3, 0.4) is 0 Å². The van der Waals surface area contributed by atoms with Crippen LogP contribution < -0.4 is 0 Å². The van der Waals surface area contributed by atoms with Crippen molar-refractivity contribution in [3.05, 3.63) is 11.6 Å². The number of aryl methyl sites for hydroxylation is 1. The second kappa shape index (κ2) is 5.84. The van der Waals surface area contributed by atoms with Gasteiger partial charge >= 0.3 is 0 Å². The van der Waals surface area contributed by atoms with E-state index in [1.54, 1.807) is 0 Å². The van der Waals surface area contributed by atoms with Gasteiger partial charge in [0.15, 0.2) is 0 Å². The normalized spacial score (nSPS) is 27.8. The molecule has 3 rings (SSSR count). The monoisotopic (exact) mass is 276 g/mol. The number of fused-ring (bicyclic) bond motifs is 1. The lowest BCUT2D eigenvalue weighted by atomic mass is 9.93. The number of nitrogens with zero attached hydrogens (tertiary/aromatic N) is 4. The van der Waals surface area contributed by atoms with Crippen molar-refractivity contribution in [1.82, 2.24) is 19.7 Å². The highest BCUT2D eigenvalue weighted by molar-refractivity contribution is 5.03. The first-order chi connectivity index (χ1) is 9.65. The largest absolute Gasteiger partial charge is 0.312 e. The summed E-state index contributed by atoms with van der Waals surface area (Å²) in [4.78, 5) is 2.62. The fourth-order valence-electron chi connectivity index (χ4n) is 3.85. The van der Waals surface area contributed by atoms with Crippen LogP contribution in [0, 0.1) is 5.92 Å². The molecule has 0 N–H and O–H groups in total. The van der Waals surface area contributed by atoms with Crippen molar-refractivity contribution in [2.24, 2.45) is 5.92 Å². The van der Waals surface area contributed by atoms with Gasteiger partial charge in [0.2, 0.25) is 0 Å². The second-order valence-corrected chi connectivity index (χ2v) is 6.94. The highest BCUT2D eigenvalue weighted by Crippen LogP contribution is 2.27. The molecule has 2 atom stereocenters. The van der Waals surface area contributed by atoms with Gasteiger partial charge in [-0.05, 0) is 58.9 Å². The van der Waals surface area contributed by atoms with Crippen molar-refractivity contribution in [2.45, 2.75) is 71.4 Å². The lowest BCUT2D eigenvalue weighted by molar-refractivity contribution is 0.138. The molecule has 0 saturated carbocycles. The second-order valence-electron chi connectivity index (χ2n) is 6.94. The van der Waals surface area contributed by atoms with Gasteiger partial charge in [-0.2, -0.15) is 0 Å². The van der Waals surface area contributed by atoms with Crippen LogP contribution in [-0.2, 0) is 12.8 Å². The molecule has 0 amide bonds. The van der Waals surface area contributed by atoms with Crippen molar-refractivity contribution in [3.8, 4) is 0 Å². The van der Waals surface area contributed by atoms with E-state index in [9.17, 15) is 0 Å². The maximum absolute atomic E-state index is 4.51. The molecule has 0 spiro atoms. The van der Waals surface area contributed by atoms with Crippen molar-refractivity contribution in [1.29, 1.82) is 0 Å². The zero-order valence-electron chi connectivity index (χ0n) is 13.2. The molecule has 4 nitrogen and oxygen atoms in total. The highest BCUT2D eigenvalue weighted by Gasteiger charge is 2.26. The zero-order valence-corrected chi connectivity index (χ0v) is 13.2. The van der Waals surface area contributed by atoms with Gasteiger partial charge < -0.3 is 9.47 Å². The Morgan fingerprint density at radius 1 is 1.20 bits per heavy atom. The summed E-state index contributed by atoms with van der Waals surface area (Å²) in [7, 11) is 0. The van der Waals surface area contributed by atoms with E-state index in [0.29, 0.717) is 12.1 Å². The minimum atomic E-state index is 0.591. The predicted octanol–water partition coefficient (Wildman–Crippen LogP) is 2.84. The summed E-state index contributed by atoms with van der Waals surface area (Å²) in [5.74, 6) is 3.21. The molecule has 3 heterocycles. The lowest BCUT2D eigenvalue weighted by Gasteiger charge is -2.35. The standard InChI is InChI=1S/C16H28N4/c1-12(2)19-9-5-7-14(11-19)10-16-18-17-15-8-4-6-13(3)20(15)16/h12-14H,4-11H2,1-3H3. The van der Waals surface area contributed by atoms with Gasteiger partial charge in [0.25, 0.3) is 0 Å². The smallest absolute Gasteiger partial charge is 0.133 e. The van der Waals surface area contributed by atoms with Gasteiger partial charge in [0, 0.05) is 31.5 Å². The third kappa shape index (κ3) is 2.76. The van der Waals surface area contributed by atoms with E-state index < -0.39 is 0 Å². The van der Waals surface area contributed by atoms with E-state index in [2.05, 4.69) is 40.4 Å². The Morgan fingerprint density at radius 2 is 2.05 bits per heavy atom. The summed E-state index contributed by atoms with van der Waals surface area (Å²) < 4.78 is 2.43. The summed E-state index contributed by atoms with van der Waals surface area (Å²) in [5, 5.41) is 8.93. The number of hydrogen-bond donors (Lipinski definition) is 0. The van der Waals surface area contributed by atoms with E-state index in [1.165, 1.54) is 50.4 Å². The van der Waals surface area contributed by atoms with Gasteiger partial charge in [0.1, 0.15) is 11.6 Å². The molecule has 2 unspecified atom stereocenters. The molecule has 0 aromatic carbocycles. The van der Waals surface area contributed by atoms with Gasteiger partial charge in [-0.15, -0.1) is 10.2 Å². The summed E-state index contributed by atoms with van der Waals surface area (Å²) >= 11 is 0. The van der Waals surface area contributed by atoms with Gasteiger partial charge in [-0.1, -0.05) is 0 Å². The third-order valence-corrected chi connectivity index (χ3v) is 5.05. The fraction of sp³-hybridized carbons (Fsp3) is 0.875. The third-order valence-electron chi connectivity index (χ3n) is 5.05. The molecular weight excluding hydrogens is 248 g/mol. The quantitative estimate of drug-likeness (QED) is 0.851. The maximum Gasteiger partial charge on any atom is 0.133 e. The van der Waals surface area contributed by atoms with Crippen LogP contribution in [0.1, 0.15) is 64.1 Å². The average molecular weight is 276 g/mol. The number of rotatable bonds is 3. The van der Waals surface area contributed by atoms with Gasteiger partial charge in [0.05, 0.1) is 0 Å². The van der Waals surface area contributed by atoms with Crippen LogP contribution in [0.15, 0.2) is 0 Å². The molecule has 1 fully saturated rings. The van der Waals surface area contributed by atoms with E-state index >= 15 is 0 Å². The van der Waals surface area contributed by atoms with E-state index in [1.807, 2.05) is 0 Å². The molecular formula is C16H28N4. The molecule has 2 aliphatic heterocycles. The molecule has 1 aromatic heterocycles. The molecule has 4 heteroatoms. The Balaban J connectivity index is 1.70. The molecule has 1 saturated heterocycles. The number of aromatic nitrogens is 3. The molecule has 0 aliphatic carbocycles. The van der Waals surface area contributed by atoms with Crippen molar-refractivity contribution in [3.63, 3.8) is 0 Å². The van der Waals surface area contributed by atoms with Crippen LogP contribution in [0.4, 0.5) is 0 Å². The summed E-state index contributed by atoms with van der Waals surface area (Å²) in [6.07, 6.45) is 7.45. The average Bonchev–Trinajstić information content (AvgIpc) is 2.84. The molecule has 20 heavy (non-hydrogen) atoms. The van der Waals surface area contributed by atoms with E-state index in [-0.39, 0.29) is 0 Å². The number of hydrogen-bond acceptors (Lipinski definition) is 3. The van der Waals surface area contributed by atoms with Crippen LogP contribution in [0.25, 0.3) is 0 Å². The van der Waals surface area contributed by atoms with Crippen LogP contribution >= 0.6 is 0 Å². The summed E-state index contributed by atoms with van der Waals surface area (Å²) in [5.41, 5.74) is 0. The zero-order chi connectivity index (χ0) is 14.1. The molecule has 0 bridgehead atoms.